The maximum Gasteiger partial charge on any atom is 0.274 e. The average Bonchev–Trinajstić information content (AvgIpc) is 3.15. The molecule has 0 saturated heterocycles. The summed E-state index contributed by atoms with van der Waals surface area (Å²) in [5, 5.41) is 7.40. The molecule has 0 bridgehead atoms. The summed E-state index contributed by atoms with van der Waals surface area (Å²) in [6.07, 6.45) is 1.72. The van der Waals surface area contributed by atoms with Gasteiger partial charge in [-0.05, 0) is 56.3 Å². The van der Waals surface area contributed by atoms with Gasteiger partial charge in [0.15, 0.2) is 5.65 Å². The van der Waals surface area contributed by atoms with Gasteiger partial charge in [0.05, 0.1) is 12.3 Å². The van der Waals surface area contributed by atoms with Gasteiger partial charge in [-0.3, -0.25) is 9.78 Å². The second-order valence-electron chi connectivity index (χ2n) is 6.21. The number of rotatable bonds is 5. The van der Waals surface area contributed by atoms with Crippen LogP contribution in [0.5, 0.6) is 5.75 Å². The van der Waals surface area contributed by atoms with Crippen LogP contribution in [0, 0.1) is 6.92 Å². The molecule has 1 amide bonds. The molecule has 4 rings (SSSR count). The number of anilines is 1. The van der Waals surface area contributed by atoms with E-state index in [1.807, 2.05) is 50.2 Å². The highest BCUT2D eigenvalue weighted by atomic mass is 16.5. The number of pyridine rings is 1. The third kappa shape index (κ3) is 3.55. The van der Waals surface area contributed by atoms with Crippen molar-refractivity contribution in [2.75, 3.05) is 11.9 Å². The zero-order valence-corrected chi connectivity index (χ0v) is 15.6. The van der Waals surface area contributed by atoms with Gasteiger partial charge in [0.1, 0.15) is 17.1 Å². The van der Waals surface area contributed by atoms with E-state index in [2.05, 4.69) is 20.4 Å². The SMILES string of the molecule is CCOc1ccc(NC(=O)c2cc(C)n3nc(-c4ccccn4)cc3n2)cc1. The Balaban J connectivity index is 1.60. The molecule has 1 N–H and O–H groups in total. The predicted octanol–water partition coefficient (Wildman–Crippen LogP) is 3.75. The molecule has 7 heteroatoms. The van der Waals surface area contributed by atoms with E-state index in [0.29, 0.717) is 29.3 Å². The topological polar surface area (TPSA) is 81.4 Å². The second kappa shape index (κ2) is 7.48. The molecule has 3 aromatic heterocycles. The van der Waals surface area contributed by atoms with Crippen molar-refractivity contribution >= 4 is 17.2 Å². The van der Waals surface area contributed by atoms with Crippen LogP contribution in [0.1, 0.15) is 23.1 Å². The Bertz CT molecular complexity index is 1120. The quantitative estimate of drug-likeness (QED) is 0.576. The summed E-state index contributed by atoms with van der Waals surface area (Å²) in [5.74, 6) is 0.479. The van der Waals surface area contributed by atoms with Gasteiger partial charge in [0.25, 0.3) is 5.91 Å². The van der Waals surface area contributed by atoms with Crippen molar-refractivity contribution in [1.82, 2.24) is 19.6 Å². The Hall–Kier alpha value is -3.74. The van der Waals surface area contributed by atoms with E-state index in [1.54, 1.807) is 28.9 Å². The lowest BCUT2D eigenvalue weighted by molar-refractivity contribution is 0.102. The Morgan fingerprint density at radius 1 is 1.11 bits per heavy atom. The number of ether oxygens (including phenoxy) is 1. The Kier molecular flexibility index (Phi) is 4.72. The fourth-order valence-electron chi connectivity index (χ4n) is 2.88. The van der Waals surface area contributed by atoms with E-state index < -0.39 is 0 Å². The molecule has 140 valence electrons. The van der Waals surface area contributed by atoms with E-state index in [-0.39, 0.29) is 5.91 Å². The molecule has 28 heavy (non-hydrogen) atoms. The number of nitrogens with zero attached hydrogens (tertiary/aromatic N) is 4. The fourth-order valence-corrected chi connectivity index (χ4v) is 2.88. The van der Waals surface area contributed by atoms with Crippen LogP contribution < -0.4 is 10.1 Å². The molecule has 0 aliphatic carbocycles. The smallest absolute Gasteiger partial charge is 0.274 e. The summed E-state index contributed by atoms with van der Waals surface area (Å²) in [6, 6.07) is 16.4. The molecule has 0 fully saturated rings. The van der Waals surface area contributed by atoms with Gasteiger partial charge in [0, 0.05) is 23.6 Å². The first-order valence-electron chi connectivity index (χ1n) is 8.97. The summed E-state index contributed by atoms with van der Waals surface area (Å²) >= 11 is 0. The number of hydrogen-bond donors (Lipinski definition) is 1. The minimum absolute atomic E-state index is 0.282. The summed E-state index contributed by atoms with van der Waals surface area (Å²) in [6.45, 7) is 4.41. The zero-order valence-electron chi connectivity index (χ0n) is 15.6. The molecule has 0 spiro atoms. The number of amides is 1. The highest BCUT2D eigenvalue weighted by Crippen LogP contribution is 2.19. The van der Waals surface area contributed by atoms with Crippen LogP contribution in [0.2, 0.25) is 0 Å². The Morgan fingerprint density at radius 3 is 2.64 bits per heavy atom. The van der Waals surface area contributed by atoms with Crippen LogP contribution in [0.3, 0.4) is 0 Å². The third-order valence-electron chi connectivity index (χ3n) is 4.19. The number of aryl methyl sites for hydroxylation is 1. The van der Waals surface area contributed by atoms with Gasteiger partial charge in [-0.2, -0.15) is 5.10 Å². The molecule has 1 aromatic carbocycles. The summed E-state index contributed by atoms with van der Waals surface area (Å²) in [5.41, 5.74) is 3.87. The Labute approximate surface area is 162 Å². The van der Waals surface area contributed by atoms with Gasteiger partial charge in [-0.25, -0.2) is 9.50 Å². The van der Waals surface area contributed by atoms with Crippen LogP contribution >= 0.6 is 0 Å². The van der Waals surface area contributed by atoms with Crippen LogP contribution in [0.25, 0.3) is 17.0 Å². The van der Waals surface area contributed by atoms with Crippen molar-refractivity contribution < 1.29 is 9.53 Å². The van der Waals surface area contributed by atoms with Crippen molar-refractivity contribution in [1.29, 1.82) is 0 Å². The molecule has 4 aromatic rings. The summed E-state index contributed by atoms with van der Waals surface area (Å²) < 4.78 is 7.12. The largest absolute Gasteiger partial charge is 0.494 e. The molecule has 0 atom stereocenters. The third-order valence-corrected chi connectivity index (χ3v) is 4.19. The van der Waals surface area contributed by atoms with Crippen molar-refractivity contribution in [3.8, 4) is 17.1 Å². The lowest BCUT2D eigenvalue weighted by Gasteiger charge is -2.08. The molecule has 3 heterocycles. The molecule has 0 unspecified atom stereocenters. The Morgan fingerprint density at radius 2 is 1.93 bits per heavy atom. The van der Waals surface area contributed by atoms with Gasteiger partial charge in [0.2, 0.25) is 0 Å². The molecule has 7 nitrogen and oxygen atoms in total. The number of nitrogens with one attached hydrogen (secondary N) is 1. The van der Waals surface area contributed by atoms with E-state index >= 15 is 0 Å². The number of fused-ring (bicyclic) bond motifs is 1. The van der Waals surface area contributed by atoms with E-state index in [9.17, 15) is 4.79 Å². The predicted molar refractivity (Wildman–Crippen MR) is 107 cm³/mol. The van der Waals surface area contributed by atoms with E-state index in [4.69, 9.17) is 4.74 Å². The highest BCUT2D eigenvalue weighted by molar-refractivity contribution is 6.03. The van der Waals surface area contributed by atoms with Crippen molar-refractivity contribution in [2.24, 2.45) is 0 Å². The standard InChI is InChI=1S/C21H19N5O2/c1-3-28-16-9-7-15(8-10-16)23-21(27)19-12-14(2)26-20(24-19)13-18(25-26)17-6-4-5-11-22-17/h4-13H,3H2,1-2H3,(H,23,27). The van der Waals surface area contributed by atoms with Crippen LogP contribution in [-0.2, 0) is 0 Å². The van der Waals surface area contributed by atoms with E-state index in [0.717, 1.165) is 17.1 Å². The van der Waals surface area contributed by atoms with E-state index in [1.165, 1.54) is 0 Å². The second-order valence-corrected chi connectivity index (χ2v) is 6.21. The lowest BCUT2D eigenvalue weighted by atomic mass is 10.2. The fraction of sp³-hybridized carbons (Fsp3) is 0.143. The van der Waals surface area contributed by atoms with Gasteiger partial charge >= 0.3 is 0 Å². The monoisotopic (exact) mass is 373 g/mol. The number of aromatic nitrogens is 4. The molecular weight excluding hydrogens is 354 g/mol. The number of benzene rings is 1. The molecule has 0 radical (unpaired) electrons. The maximum absolute atomic E-state index is 12.7. The first kappa shape index (κ1) is 17.7. The lowest BCUT2D eigenvalue weighted by Crippen LogP contribution is -2.15. The number of carbonyl (C=O) groups is 1. The van der Waals surface area contributed by atoms with Gasteiger partial charge < -0.3 is 10.1 Å². The minimum Gasteiger partial charge on any atom is -0.494 e. The normalized spacial score (nSPS) is 10.8. The van der Waals surface area contributed by atoms with Crippen molar-refractivity contribution in [3.05, 3.63) is 72.2 Å². The summed E-state index contributed by atoms with van der Waals surface area (Å²) in [4.78, 5) is 21.4. The highest BCUT2D eigenvalue weighted by Gasteiger charge is 2.14. The molecule has 0 saturated carbocycles. The first-order valence-corrected chi connectivity index (χ1v) is 8.97. The van der Waals surface area contributed by atoms with Crippen LogP contribution in [0.15, 0.2) is 60.8 Å². The summed E-state index contributed by atoms with van der Waals surface area (Å²) in [7, 11) is 0. The zero-order chi connectivity index (χ0) is 19.5. The first-order chi connectivity index (χ1) is 13.6. The maximum atomic E-state index is 12.7. The molecule has 0 aliphatic rings. The van der Waals surface area contributed by atoms with Crippen LogP contribution in [0.4, 0.5) is 5.69 Å². The minimum atomic E-state index is -0.282. The molecular formula is C21H19N5O2. The van der Waals surface area contributed by atoms with Crippen molar-refractivity contribution in [2.45, 2.75) is 13.8 Å². The van der Waals surface area contributed by atoms with Gasteiger partial charge in [-0.1, -0.05) is 6.07 Å². The van der Waals surface area contributed by atoms with Crippen molar-refractivity contribution in [3.63, 3.8) is 0 Å². The number of carbonyl (C=O) groups excluding carboxylic acids is 1. The van der Waals surface area contributed by atoms with Gasteiger partial charge in [-0.15, -0.1) is 0 Å². The molecule has 0 aliphatic heterocycles. The van der Waals surface area contributed by atoms with Crippen LogP contribution in [-0.4, -0.2) is 32.1 Å². The average molecular weight is 373 g/mol. The number of hydrogen-bond acceptors (Lipinski definition) is 5.